The van der Waals surface area contributed by atoms with Crippen molar-refractivity contribution in [1.82, 2.24) is 4.90 Å². The molecule has 106 valence electrons. The molecule has 0 aliphatic carbocycles. The Morgan fingerprint density at radius 2 is 2.00 bits per heavy atom. The standard InChI is InChI=1S/C16H18FNOS/c1-2-18(12-15-4-3-11-20-15)10-9-16(19)13-5-7-14(17)8-6-13/h3-8,11H,2,9-10,12H2,1H3. The number of rotatable bonds is 7. The molecule has 1 aromatic heterocycles. The molecule has 0 unspecified atom stereocenters. The van der Waals surface area contributed by atoms with Gasteiger partial charge in [0.25, 0.3) is 0 Å². The van der Waals surface area contributed by atoms with E-state index in [0.717, 1.165) is 19.6 Å². The molecule has 4 heteroatoms. The van der Waals surface area contributed by atoms with Gasteiger partial charge in [-0.05, 0) is 42.3 Å². The molecule has 0 spiro atoms. The number of carbonyl (C=O) groups is 1. The minimum Gasteiger partial charge on any atom is -0.298 e. The fraction of sp³-hybridized carbons (Fsp3) is 0.312. The summed E-state index contributed by atoms with van der Waals surface area (Å²) in [7, 11) is 0. The summed E-state index contributed by atoms with van der Waals surface area (Å²) in [5.41, 5.74) is 0.582. The predicted octanol–water partition coefficient (Wildman–Crippen LogP) is 3.98. The number of halogens is 1. The van der Waals surface area contributed by atoms with Crippen LogP contribution in [-0.2, 0) is 6.54 Å². The maximum Gasteiger partial charge on any atom is 0.164 e. The number of nitrogens with zero attached hydrogens (tertiary/aromatic N) is 1. The first-order valence-corrected chi connectivity index (χ1v) is 7.60. The van der Waals surface area contributed by atoms with Crippen molar-refractivity contribution in [3.63, 3.8) is 0 Å². The minimum atomic E-state index is -0.311. The van der Waals surface area contributed by atoms with Gasteiger partial charge in [0.2, 0.25) is 0 Å². The monoisotopic (exact) mass is 291 g/mol. The Hall–Kier alpha value is -1.52. The summed E-state index contributed by atoms with van der Waals surface area (Å²) in [5, 5.41) is 2.06. The first-order chi connectivity index (χ1) is 9.69. The van der Waals surface area contributed by atoms with Crippen LogP contribution >= 0.6 is 11.3 Å². The summed E-state index contributed by atoms with van der Waals surface area (Å²) in [4.78, 5) is 15.6. The lowest BCUT2D eigenvalue weighted by Gasteiger charge is -2.19. The largest absolute Gasteiger partial charge is 0.298 e. The van der Waals surface area contributed by atoms with Gasteiger partial charge >= 0.3 is 0 Å². The minimum absolute atomic E-state index is 0.0645. The topological polar surface area (TPSA) is 20.3 Å². The van der Waals surface area contributed by atoms with E-state index >= 15 is 0 Å². The number of Topliss-reactive ketones (excluding diaryl/α,β-unsaturated/α-hetero) is 1. The third kappa shape index (κ3) is 4.25. The first kappa shape index (κ1) is 14.9. The van der Waals surface area contributed by atoms with E-state index in [1.54, 1.807) is 23.5 Å². The molecular formula is C16H18FNOS. The Kier molecular flexibility index (Phi) is 5.44. The van der Waals surface area contributed by atoms with Gasteiger partial charge in [-0.2, -0.15) is 0 Å². The molecule has 20 heavy (non-hydrogen) atoms. The van der Waals surface area contributed by atoms with E-state index in [9.17, 15) is 9.18 Å². The van der Waals surface area contributed by atoms with Crippen LogP contribution in [-0.4, -0.2) is 23.8 Å². The van der Waals surface area contributed by atoms with Gasteiger partial charge in [-0.3, -0.25) is 9.69 Å². The second kappa shape index (κ2) is 7.31. The molecule has 0 saturated heterocycles. The van der Waals surface area contributed by atoms with Crippen molar-refractivity contribution in [2.45, 2.75) is 19.9 Å². The number of hydrogen-bond donors (Lipinski definition) is 0. The van der Waals surface area contributed by atoms with Gasteiger partial charge in [0.15, 0.2) is 5.78 Å². The number of hydrogen-bond acceptors (Lipinski definition) is 3. The molecule has 0 fully saturated rings. The molecule has 0 N–H and O–H groups in total. The number of benzene rings is 1. The predicted molar refractivity (Wildman–Crippen MR) is 80.6 cm³/mol. The Bertz CT molecular complexity index is 536. The second-order valence-corrected chi connectivity index (χ2v) is 5.66. The maximum absolute atomic E-state index is 12.8. The van der Waals surface area contributed by atoms with Crippen LogP contribution in [0.2, 0.25) is 0 Å². The lowest BCUT2D eigenvalue weighted by Crippen LogP contribution is -2.25. The fourth-order valence-corrected chi connectivity index (χ4v) is 2.76. The smallest absolute Gasteiger partial charge is 0.164 e. The van der Waals surface area contributed by atoms with E-state index in [0.29, 0.717) is 12.0 Å². The van der Waals surface area contributed by atoms with E-state index < -0.39 is 0 Å². The molecule has 1 aromatic carbocycles. The highest BCUT2D eigenvalue weighted by atomic mass is 32.1. The van der Waals surface area contributed by atoms with Crippen molar-refractivity contribution in [3.05, 3.63) is 58.0 Å². The molecule has 0 bridgehead atoms. The zero-order valence-corrected chi connectivity index (χ0v) is 12.3. The van der Waals surface area contributed by atoms with Gasteiger partial charge in [-0.1, -0.05) is 13.0 Å². The van der Waals surface area contributed by atoms with Crippen molar-refractivity contribution in [2.24, 2.45) is 0 Å². The van der Waals surface area contributed by atoms with E-state index in [2.05, 4.69) is 23.3 Å². The van der Waals surface area contributed by atoms with Crippen LogP contribution in [0.15, 0.2) is 41.8 Å². The van der Waals surface area contributed by atoms with Gasteiger partial charge < -0.3 is 0 Å². The van der Waals surface area contributed by atoms with Gasteiger partial charge in [0, 0.05) is 30.0 Å². The van der Waals surface area contributed by atoms with E-state index in [-0.39, 0.29) is 11.6 Å². The van der Waals surface area contributed by atoms with Crippen LogP contribution in [0.4, 0.5) is 4.39 Å². The molecule has 0 radical (unpaired) electrons. The zero-order valence-electron chi connectivity index (χ0n) is 11.5. The second-order valence-electron chi connectivity index (χ2n) is 4.63. The average Bonchev–Trinajstić information content (AvgIpc) is 2.96. The lowest BCUT2D eigenvalue weighted by molar-refractivity contribution is 0.0964. The van der Waals surface area contributed by atoms with Crippen molar-refractivity contribution in [3.8, 4) is 0 Å². The summed E-state index contributed by atoms with van der Waals surface area (Å²) >= 11 is 1.73. The van der Waals surface area contributed by atoms with Crippen LogP contribution in [0, 0.1) is 5.82 Å². The molecule has 0 saturated carbocycles. The van der Waals surface area contributed by atoms with Crippen LogP contribution in [0.25, 0.3) is 0 Å². The molecule has 0 aliphatic rings. The molecular weight excluding hydrogens is 273 g/mol. The highest BCUT2D eigenvalue weighted by Gasteiger charge is 2.10. The Morgan fingerprint density at radius 3 is 2.60 bits per heavy atom. The van der Waals surface area contributed by atoms with E-state index in [1.165, 1.54) is 17.0 Å². The summed E-state index contributed by atoms with van der Waals surface area (Å²) in [6, 6.07) is 9.90. The molecule has 0 amide bonds. The summed E-state index contributed by atoms with van der Waals surface area (Å²) < 4.78 is 12.8. The summed E-state index contributed by atoms with van der Waals surface area (Å²) in [6.45, 7) is 4.61. The molecule has 0 atom stereocenters. The van der Waals surface area contributed by atoms with Crippen molar-refractivity contribution in [2.75, 3.05) is 13.1 Å². The van der Waals surface area contributed by atoms with Gasteiger partial charge in [-0.25, -0.2) is 4.39 Å². The van der Waals surface area contributed by atoms with Gasteiger partial charge in [-0.15, -0.1) is 11.3 Å². The maximum atomic E-state index is 12.8. The van der Waals surface area contributed by atoms with Crippen molar-refractivity contribution < 1.29 is 9.18 Å². The first-order valence-electron chi connectivity index (χ1n) is 6.72. The number of carbonyl (C=O) groups excluding carboxylic acids is 1. The third-order valence-corrected chi connectivity index (χ3v) is 4.09. The highest BCUT2D eigenvalue weighted by molar-refractivity contribution is 7.09. The van der Waals surface area contributed by atoms with Crippen LogP contribution in [0.3, 0.4) is 0 Å². The van der Waals surface area contributed by atoms with Crippen LogP contribution in [0.5, 0.6) is 0 Å². The van der Waals surface area contributed by atoms with Crippen molar-refractivity contribution >= 4 is 17.1 Å². The zero-order chi connectivity index (χ0) is 14.4. The van der Waals surface area contributed by atoms with Crippen LogP contribution < -0.4 is 0 Å². The van der Waals surface area contributed by atoms with Gasteiger partial charge in [0.1, 0.15) is 5.82 Å². The van der Waals surface area contributed by atoms with Crippen molar-refractivity contribution in [1.29, 1.82) is 0 Å². The third-order valence-electron chi connectivity index (χ3n) is 3.23. The molecule has 2 rings (SSSR count). The van der Waals surface area contributed by atoms with E-state index in [4.69, 9.17) is 0 Å². The Morgan fingerprint density at radius 1 is 1.25 bits per heavy atom. The Balaban J connectivity index is 1.86. The van der Waals surface area contributed by atoms with Crippen LogP contribution in [0.1, 0.15) is 28.6 Å². The van der Waals surface area contributed by atoms with E-state index in [1.807, 2.05) is 6.07 Å². The Labute approximate surface area is 122 Å². The molecule has 1 heterocycles. The lowest BCUT2D eigenvalue weighted by atomic mass is 10.1. The highest BCUT2D eigenvalue weighted by Crippen LogP contribution is 2.13. The molecule has 0 aliphatic heterocycles. The molecule has 2 aromatic rings. The quantitative estimate of drug-likeness (QED) is 0.719. The molecule has 2 nitrogen and oxygen atoms in total. The SMILES string of the molecule is CCN(CCC(=O)c1ccc(F)cc1)Cc1cccs1. The normalized spacial score (nSPS) is 10.9. The summed E-state index contributed by atoms with van der Waals surface area (Å²) in [6.07, 6.45) is 0.463. The van der Waals surface area contributed by atoms with Gasteiger partial charge in [0.05, 0.1) is 0 Å². The fourth-order valence-electron chi connectivity index (χ4n) is 2.01. The summed E-state index contributed by atoms with van der Waals surface area (Å²) in [5.74, 6) is -0.246. The average molecular weight is 291 g/mol. The number of ketones is 1. The number of thiophene rings is 1.